The van der Waals surface area contributed by atoms with Gasteiger partial charge < -0.3 is 4.55 Å². The van der Waals surface area contributed by atoms with E-state index < -0.39 is 16.9 Å². The molecule has 0 aromatic heterocycles. The van der Waals surface area contributed by atoms with Crippen LogP contribution in [0.2, 0.25) is 5.02 Å². The van der Waals surface area contributed by atoms with Gasteiger partial charge in [-0.15, -0.1) is 0 Å². The zero-order valence-electron chi connectivity index (χ0n) is 6.25. The molecule has 1 unspecified atom stereocenters. The smallest absolute Gasteiger partial charge is 0.188 e. The summed E-state index contributed by atoms with van der Waals surface area (Å²) in [4.78, 5) is 0.0214. The summed E-state index contributed by atoms with van der Waals surface area (Å²) in [5.74, 6) is -0.524. The molecule has 12 heavy (non-hydrogen) atoms. The van der Waals surface area contributed by atoms with Crippen LogP contribution in [0, 0.1) is 5.82 Å². The molecule has 0 aliphatic rings. The first-order chi connectivity index (χ1) is 5.11. The fourth-order valence-electron chi connectivity index (χ4n) is 0.617. The topological polar surface area (TPSA) is 37.3 Å². The molecule has 0 saturated heterocycles. The molecular weight excluding hydrogens is 214 g/mol. The molecule has 0 fully saturated rings. The van der Waals surface area contributed by atoms with Crippen molar-refractivity contribution in [3.05, 3.63) is 29.0 Å². The summed E-state index contributed by atoms with van der Waals surface area (Å²) in [5.41, 5.74) is 0. The number of halogens is 2. The van der Waals surface area contributed by atoms with Gasteiger partial charge >= 0.3 is 0 Å². The summed E-state index contributed by atoms with van der Waals surface area (Å²) in [6.07, 6.45) is 0. The van der Waals surface area contributed by atoms with Crippen LogP contribution in [0.15, 0.2) is 23.1 Å². The van der Waals surface area contributed by atoms with Crippen LogP contribution in [0.4, 0.5) is 4.39 Å². The normalized spacial score (nSPS) is 11.9. The van der Waals surface area contributed by atoms with Crippen molar-refractivity contribution in [2.45, 2.75) is 4.90 Å². The molecule has 1 aromatic rings. The van der Waals surface area contributed by atoms with Gasteiger partial charge in [-0.2, -0.15) is 0 Å². The largest absolute Gasteiger partial charge is 0.302 e. The predicted molar refractivity (Wildman–Crippen MR) is 46.2 cm³/mol. The van der Waals surface area contributed by atoms with Crippen molar-refractivity contribution in [3.8, 4) is 0 Å². The molecule has 1 atom stereocenters. The van der Waals surface area contributed by atoms with Gasteiger partial charge in [-0.3, -0.25) is 0 Å². The molecule has 0 aliphatic carbocycles. The standard InChI is InChI=1S/C6H4ClFO2S.Na/c7-5-3-4(8)1-2-6(5)11(9)10;/h1-3H,(H,9,10);. The average Bonchev–Trinajstić information content (AvgIpc) is 1.85. The van der Waals surface area contributed by atoms with Crippen molar-refractivity contribution >= 4 is 52.2 Å². The molecule has 0 spiro atoms. The Balaban J connectivity index is 0.00000121. The molecule has 2 nitrogen and oxygen atoms in total. The molecule has 0 heterocycles. The predicted octanol–water partition coefficient (Wildman–Crippen LogP) is 1.68. The molecule has 1 rings (SSSR count). The summed E-state index contributed by atoms with van der Waals surface area (Å²) in [6, 6.07) is 3.24. The Bertz CT molecular complexity index is 308. The van der Waals surface area contributed by atoms with Crippen LogP contribution in [0.25, 0.3) is 0 Å². The zero-order valence-corrected chi connectivity index (χ0v) is 9.82. The van der Waals surface area contributed by atoms with Crippen molar-refractivity contribution in [2.75, 3.05) is 0 Å². The first kappa shape index (κ1) is 12.6. The Morgan fingerprint density at radius 1 is 1.50 bits per heavy atom. The van der Waals surface area contributed by atoms with E-state index in [4.69, 9.17) is 16.2 Å². The van der Waals surface area contributed by atoms with Crippen LogP contribution in [0.1, 0.15) is 0 Å². The maximum Gasteiger partial charge on any atom is 0.188 e. The van der Waals surface area contributed by atoms with Crippen LogP contribution >= 0.6 is 11.6 Å². The van der Waals surface area contributed by atoms with Crippen molar-refractivity contribution in [1.82, 2.24) is 0 Å². The number of rotatable bonds is 1. The fourth-order valence-corrected chi connectivity index (χ4v) is 1.39. The van der Waals surface area contributed by atoms with E-state index in [-0.39, 0.29) is 39.5 Å². The Hall–Kier alpha value is 0.550. The second kappa shape index (κ2) is 5.32. The molecule has 1 aromatic carbocycles. The Morgan fingerprint density at radius 2 is 2.08 bits per heavy atom. The van der Waals surface area contributed by atoms with Crippen molar-refractivity contribution in [2.24, 2.45) is 0 Å². The van der Waals surface area contributed by atoms with Crippen LogP contribution in [0.3, 0.4) is 0 Å². The third kappa shape index (κ3) is 3.12. The van der Waals surface area contributed by atoms with E-state index >= 15 is 0 Å². The Labute approximate surface area is 98.7 Å². The van der Waals surface area contributed by atoms with Crippen molar-refractivity contribution in [3.63, 3.8) is 0 Å². The molecule has 0 amide bonds. The van der Waals surface area contributed by atoms with Crippen LogP contribution < -0.4 is 0 Å². The van der Waals surface area contributed by atoms with Gasteiger partial charge in [0.25, 0.3) is 0 Å². The molecule has 0 saturated carbocycles. The first-order valence-corrected chi connectivity index (χ1v) is 4.15. The van der Waals surface area contributed by atoms with Gasteiger partial charge in [0.2, 0.25) is 0 Å². The van der Waals surface area contributed by atoms with E-state index in [2.05, 4.69) is 0 Å². The molecular formula is C6H4ClFNaO2S. The summed E-state index contributed by atoms with van der Waals surface area (Å²) < 4.78 is 31.3. The van der Waals surface area contributed by atoms with Gasteiger partial charge in [-0.1, -0.05) is 11.6 Å². The molecule has 1 N–H and O–H groups in total. The monoisotopic (exact) mass is 217 g/mol. The van der Waals surface area contributed by atoms with Gasteiger partial charge in [0.1, 0.15) is 5.82 Å². The van der Waals surface area contributed by atoms with E-state index in [1.165, 1.54) is 6.07 Å². The average molecular weight is 218 g/mol. The van der Waals surface area contributed by atoms with Crippen molar-refractivity contribution in [1.29, 1.82) is 0 Å². The Kier molecular flexibility index (Phi) is 5.56. The second-order valence-electron chi connectivity index (χ2n) is 1.82. The summed E-state index contributed by atoms with van der Waals surface area (Å²) in [7, 11) is 0. The van der Waals surface area contributed by atoms with Crippen LogP contribution in [0.5, 0.6) is 0 Å². The zero-order chi connectivity index (χ0) is 8.43. The number of benzene rings is 1. The molecule has 61 valence electrons. The van der Waals surface area contributed by atoms with E-state index in [9.17, 15) is 8.60 Å². The van der Waals surface area contributed by atoms with Gasteiger partial charge in [0, 0.05) is 29.6 Å². The maximum absolute atomic E-state index is 12.3. The number of hydrogen-bond acceptors (Lipinski definition) is 1. The molecule has 0 bridgehead atoms. The summed E-state index contributed by atoms with van der Waals surface area (Å²) in [5, 5.41) is -0.0363. The molecule has 1 radical (unpaired) electrons. The minimum absolute atomic E-state index is 0. The van der Waals surface area contributed by atoms with E-state index in [0.29, 0.717) is 0 Å². The Morgan fingerprint density at radius 3 is 2.50 bits per heavy atom. The third-order valence-electron chi connectivity index (χ3n) is 1.08. The third-order valence-corrected chi connectivity index (χ3v) is 2.24. The van der Waals surface area contributed by atoms with E-state index in [1.807, 2.05) is 0 Å². The molecule has 6 heteroatoms. The van der Waals surface area contributed by atoms with Crippen LogP contribution in [-0.4, -0.2) is 38.3 Å². The maximum atomic E-state index is 12.3. The number of hydrogen-bond donors (Lipinski definition) is 1. The van der Waals surface area contributed by atoms with E-state index in [0.717, 1.165) is 12.1 Å². The van der Waals surface area contributed by atoms with Crippen LogP contribution in [-0.2, 0) is 11.1 Å². The fraction of sp³-hybridized carbons (Fsp3) is 0. The van der Waals surface area contributed by atoms with E-state index in [1.54, 1.807) is 0 Å². The quantitative estimate of drug-likeness (QED) is 0.574. The van der Waals surface area contributed by atoms with Gasteiger partial charge in [-0.05, 0) is 18.2 Å². The van der Waals surface area contributed by atoms with Gasteiger partial charge in [0.15, 0.2) is 11.1 Å². The van der Waals surface area contributed by atoms with Crippen molar-refractivity contribution < 1.29 is 13.2 Å². The molecule has 0 aliphatic heterocycles. The van der Waals surface area contributed by atoms with Gasteiger partial charge in [-0.25, -0.2) is 8.60 Å². The minimum atomic E-state index is -2.15. The SMILES string of the molecule is O=S(O)c1ccc(F)cc1Cl.[Na]. The summed E-state index contributed by atoms with van der Waals surface area (Å²) >= 11 is 3.28. The second-order valence-corrected chi connectivity index (χ2v) is 3.17. The summed E-state index contributed by atoms with van der Waals surface area (Å²) in [6.45, 7) is 0. The van der Waals surface area contributed by atoms with Gasteiger partial charge in [0.05, 0.1) is 9.92 Å². The first-order valence-electron chi connectivity index (χ1n) is 2.67. The minimum Gasteiger partial charge on any atom is -0.302 e.